The van der Waals surface area contributed by atoms with Crippen LogP contribution < -0.4 is 0 Å². The number of aromatic nitrogens is 2. The Morgan fingerprint density at radius 2 is 1.89 bits per heavy atom. The first kappa shape index (κ1) is 26.7. The van der Waals surface area contributed by atoms with Gasteiger partial charge in [-0.2, -0.15) is 22.6 Å². The molecule has 0 bridgehead atoms. The Labute approximate surface area is 209 Å². The van der Waals surface area contributed by atoms with Gasteiger partial charge in [-0.3, -0.25) is 9.48 Å². The van der Waals surface area contributed by atoms with E-state index in [1.807, 2.05) is 20.8 Å². The van der Waals surface area contributed by atoms with Gasteiger partial charge in [0.15, 0.2) is 0 Å². The Hall–Kier alpha value is -2.40. The number of halogens is 3. The second-order valence-corrected chi connectivity index (χ2v) is 13.3. The summed E-state index contributed by atoms with van der Waals surface area (Å²) in [7, 11) is -2.93. The average Bonchev–Trinajstić information content (AvgIpc) is 3.42. The molecule has 11 heteroatoms. The van der Waals surface area contributed by atoms with Crippen molar-refractivity contribution >= 4 is 16.0 Å². The fraction of sp³-hybridized carbons (Fsp3) is 0.600. The molecule has 0 saturated heterocycles. The van der Waals surface area contributed by atoms with E-state index in [1.165, 1.54) is 24.0 Å². The lowest BCUT2D eigenvalue weighted by atomic mass is 9.79. The number of fused-ring (bicyclic) bond motifs is 1. The molecule has 2 aliphatic carbocycles. The zero-order chi connectivity index (χ0) is 26.7. The summed E-state index contributed by atoms with van der Waals surface area (Å²) in [5.74, 6) is -1.07. The minimum atomic E-state index is -4.69. The number of aliphatic carboxylic acids is 1. The molecule has 1 aromatic heterocycles. The predicted molar refractivity (Wildman–Crippen MR) is 127 cm³/mol. The summed E-state index contributed by atoms with van der Waals surface area (Å²) in [4.78, 5) is 10.8. The van der Waals surface area contributed by atoms with Gasteiger partial charge in [-0.1, -0.05) is 20.8 Å². The number of nitrogens with zero attached hydrogens (tertiary/aromatic N) is 3. The van der Waals surface area contributed by atoms with E-state index in [0.29, 0.717) is 42.5 Å². The van der Waals surface area contributed by atoms with Crippen molar-refractivity contribution in [3.63, 3.8) is 0 Å². The summed E-state index contributed by atoms with van der Waals surface area (Å²) in [5.41, 5.74) is 0.0892. The SMILES string of the molecule is CN([C@@H]1CCCc2c1cnn2CC(=O)O)S(=O)(=O)c1cc(C(F)(F)F)cc(C2(CC(C)(C)C)CC2)c1. The van der Waals surface area contributed by atoms with E-state index in [9.17, 15) is 26.4 Å². The molecule has 2 aromatic rings. The van der Waals surface area contributed by atoms with E-state index in [-0.39, 0.29) is 16.9 Å². The highest BCUT2D eigenvalue weighted by Crippen LogP contribution is 2.56. The van der Waals surface area contributed by atoms with Gasteiger partial charge in [0.1, 0.15) is 6.54 Å². The lowest BCUT2D eigenvalue weighted by Gasteiger charge is -2.31. The monoisotopic (exact) mass is 527 g/mol. The molecular formula is C25H32F3N3O4S. The molecule has 1 N–H and O–H groups in total. The van der Waals surface area contributed by atoms with Crippen LogP contribution in [-0.2, 0) is 39.4 Å². The van der Waals surface area contributed by atoms with Crippen molar-refractivity contribution in [3.05, 3.63) is 46.8 Å². The van der Waals surface area contributed by atoms with Crippen LogP contribution in [0.25, 0.3) is 0 Å². The molecule has 1 fully saturated rings. The molecule has 0 aliphatic heterocycles. The summed E-state index contributed by atoms with van der Waals surface area (Å²) < 4.78 is 71.5. The average molecular weight is 528 g/mol. The Balaban J connectivity index is 1.75. The molecular weight excluding hydrogens is 495 g/mol. The van der Waals surface area contributed by atoms with Crippen molar-refractivity contribution in [2.75, 3.05) is 7.05 Å². The Bertz CT molecular complexity index is 1270. The van der Waals surface area contributed by atoms with Gasteiger partial charge in [0.05, 0.1) is 22.7 Å². The maximum absolute atomic E-state index is 13.9. The second-order valence-electron chi connectivity index (χ2n) is 11.3. The zero-order valence-electron chi connectivity index (χ0n) is 20.9. The van der Waals surface area contributed by atoms with E-state index in [1.54, 1.807) is 0 Å². The van der Waals surface area contributed by atoms with Gasteiger partial charge in [0, 0.05) is 18.3 Å². The minimum absolute atomic E-state index is 0.130. The minimum Gasteiger partial charge on any atom is -0.480 e. The molecule has 0 radical (unpaired) electrons. The molecule has 1 heterocycles. The third-order valence-electron chi connectivity index (χ3n) is 7.20. The van der Waals surface area contributed by atoms with Gasteiger partial charge in [-0.05, 0) is 73.1 Å². The third-order valence-corrected chi connectivity index (χ3v) is 9.04. The molecule has 0 amide bonds. The van der Waals surface area contributed by atoms with Gasteiger partial charge < -0.3 is 5.11 Å². The fourth-order valence-electron chi connectivity index (χ4n) is 5.52. The predicted octanol–water partition coefficient (Wildman–Crippen LogP) is 5.15. The fourth-order valence-corrected chi connectivity index (χ4v) is 6.96. The summed E-state index contributed by atoms with van der Waals surface area (Å²) in [5, 5.41) is 13.3. The maximum Gasteiger partial charge on any atom is 0.416 e. The van der Waals surface area contributed by atoms with Crippen LogP contribution in [0.4, 0.5) is 13.2 Å². The van der Waals surface area contributed by atoms with Crippen LogP contribution in [0.3, 0.4) is 0 Å². The highest BCUT2D eigenvalue weighted by atomic mass is 32.2. The summed E-state index contributed by atoms with van der Waals surface area (Å²) in [6, 6.07) is 2.59. The topological polar surface area (TPSA) is 92.5 Å². The molecule has 198 valence electrons. The van der Waals surface area contributed by atoms with E-state index in [2.05, 4.69) is 5.10 Å². The normalized spacial score (nSPS) is 19.8. The first-order valence-electron chi connectivity index (χ1n) is 12.0. The van der Waals surface area contributed by atoms with Crippen LogP contribution in [0.2, 0.25) is 0 Å². The lowest BCUT2D eigenvalue weighted by Crippen LogP contribution is -2.34. The lowest BCUT2D eigenvalue weighted by molar-refractivity contribution is -0.138. The highest BCUT2D eigenvalue weighted by Gasteiger charge is 2.48. The van der Waals surface area contributed by atoms with Crippen molar-refractivity contribution in [1.29, 1.82) is 0 Å². The number of carbonyl (C=O) groups is 1. The largest absolute Gasteiger partial charge is 0.480 e. The molecule has 2 aliphatic rings. The second kappa shape index (κ2) is 8.86. The number of carboxylic acid groups (broad SMARTS) is 1. The number of rotatable bonds is 7. The number of alkyl halides is 3. The smallest absolute Gasteiger partial charge is 0.416 e. The van der Waals surface area contributed by atoms with Crippen molar-refractivity contribution in [3.8, 4) is 0 Å². The molecule has 36 heavy (non-hydrogen) atoms. The van der Waals surface area contributed by atoms with Gasteiger partial charge >= 0.3 is 12.1 Å². The molecule has 1 saturated carbocycles. The first-order valence-corrected chi connectivity index (χ1v) is 13.4. The summed E-state index contributed by atoms with van der Waals surface area (Å²) in [6.45, 7) is 5.73. The molecule has 0 spiro atoms. The van der Waals surface area contributed by atoms with Gasteiger partial charge in [0.25, 0.3) is 0 Å². The van der Waals surface area contributed by atoms with Crippen LogP contribution in [0, 0.1) is 5.41 Å². The van der Waals surface area contributed by atoms with Gasteiger partial charge in [0.2, 0.25) is 10.0 Å². The van der Waals surface area contributed by atoms with Crippen LogP contribution in [0.15, 0.2) is 29.3 Å². The number of hydrogen-bond donors (Lipinski definition) is 1. The van der Waals surface area contributed by atoms with Crippen LogP contribution >= 0.6 is 0 Å². The standard InChI is InChI=1S/C25H32F3N3O4S/c1-23(2,3)15-24(8-9-24)16-10-17(25(26,27)28)12-18(11-16)36(34,35)30(4)20-6-5-7-21-19(20)13-29-31(21)14-22(32)33/h10-13,20H,5-9,14-15H2,1-4H3,(H,32,33)/t20-/m1/s1. The van der Waals surface area contributed by atoms with Crippen LogP contribution in [0.1, 0.15) is 81.3 Å². The molecule has 1 atom stereocenters. The van der Waals surface area contributed by atoms with Crippen molar-refractivity contribution < 1.29 is 31.5 Å². The molecule has 7 nitrogen and oxygen atoms in total. The quantitative estimate of drug-likeness (QED) is 0.538. The third kappa shape index (κ3) is 5.18. The van der Waals surface area contributed by atoms with Gasteiger partial charge in [-0.15, -0.1) is 0 Å². The Morgan fingerprint density at radius 1 is 1.22 bits per heavy atom. The first-order chi connectivity index (χ1) is 16.5. The zero-order valence-corrected chi connectivity index (χ0v) is 21.7. The number of carboxylic acids is 1. The van der Waals surface area contributed by atoms with Crippen LogP contribution in [0.5, 0.6) is 0 Å². The van der Waals surface area contributed by atoms with Crippen molar-refractivity contribution in [1.82, 2.24) is 14.1 Å². The van der Waals surface area contributed by atoms with E-state index in [4.69, 9.17) is 5.11 Å². The van der Waals surface area contributed by atoms with E-state index >= 15 is 0 Å². The molecule has 0 unspecified atom stereocenters. The maximum atomic E-state index is 13.9. The molecule has 4 rings (SSSR count). The highest BCUT2D eigenvalue weighted by molar-refractivity contribution is 7.89. The van der Waals surface area contributed by atoms with Crippen molar-refractivity contribution in [2.45, 2.75) is 88.4 Å². The number of hydrogen-bond acceptors (Lipinski definition) is 4. The number of benzene rings is 1. The molecule has 1 aromatic carbocycles. The number of sulfonamides is 1. The summed E-state index contributed by atoms with van der Waals surface area (Å²) in [6.07, 6.45) is 0.486. The summed E-state index contributed by atoms with van der Waals surface area (Å²) >= 11 is 0. The van der Waals surface area contributed by atoms with E-state index in [0.717, 1.165) is 29.3 Å². The van der Waals surface area contributed by atoms with Crippen molar-refractivity contribution in [2.24, 2.45) is 5.41 Å². The Morgan fingerprint density at radius 3 is 2.44 bits per heavy atom. The Kier molecular flexibility index (Phi) is 6.56. The van der Waals surface area contributed by atoms with Gasteiger partial charge in [-0.25, -0.2) is 8.42 Å². The van der Waals surface area contributed by atoms with E-state index < -0.39 is 39.2 Å². The van der Waals surface area contributed by atoms with Crippen LogP contribution in [-0.4, -0.2) is 40.6 Å².